The summed E-state index contributed by atoms with van der Waals surface area (Å²) in [4.78, 5) is 0. The highest BCUT2D eigenvalue weighted by Crippen LogP contribution is 2.39. The summed E-state index contributed by atoms with van der Waals surface area (Å²) in [6.07, 6.45) is 5.88. The maximum Gasteiger partial charge on any atom is -0.0358 e. The first-order valence-corrected chi connectivity index (χ1v) is 6.52. The van der Waals surface area contributed by atoms with Gasteiger partial charge in [-0.1, -0.05) is 47.5 Å². The van der Waals surface area contributed by atoms with Gasteiger partial charge >= 0.3 is 0 Å². The van der Waals surface area contributed by atoms with Gasteiger partial charge in [0.1, 0.15) is 0 Å². The van der Waals surface area contributed by atoms with Gasteiger partial charge in [-0.3, -0.25) is 0 Å². The molecule has 0 N–H and O–H groups in total. The Morgan fingerprint density at radius 3 is 1.93 bits per heavy atom. The van der Waals surface area contributed by atoms with Crippen molar-refractivity contribution in [2.75, 3.05) is 0 Å². The highest BCUT2D eigenvalue weighted by Gasteiger charge is 2.30. The minimum absolute atomic E-state index is 0.878. The van der Waals surface area contributed by atoms with E-state index < -0.39 is 0 Å². The van der Waals surface area contributed by atoms with E-state index in [0.29, 0.717) is 0 Å². The van der Waals surface area contributed by atoms with Gasteiger partial charge in [-0.15, -0.1) is 0 Å². The van der Waals surface area contributed by atoms with Gasteiger partial charge in [0.2, 0.25) is 0 Å². The van der Waals surface area contributed by atoms with Crippen LogP contribution < -0.4 is 0 Å². The SMILES string of the molecule is CC1CCCC(C(C)C)C(C(C)C)C1. The van der Waals surface area contributed by atoms with Crippen LogP contribution in [-0.2, 0) is 0 Å². The molecular formula is C14H28. The summed E-state index contributed by atoms with van der Waals surface area (Å²) in [5.41, 5.74) is 0. The molecule has 1 saturated carbocycles. The van der Waals surface area contributed by atoms with Crippen molar-refractivity contribution in [1.29, 1.82) is 0 Å². The fourth-order valence-corrected chi connectivity index (χ4v) is 3.27. The Kier molecular flexibility index (Phi) is 4.47. The molecule has 1 aliphatic carbocycles. The predicted molar refractivity (Wildman–Crippen MR) is 64.3 cm³/mol. The van der Waals surface area contributed by atoms with Crippen LogP contribution in [0.2, 0.25) is 0 Å². The number of hydrogen-bond donors (Lipinski definition) is 0. The van der Waals surface area contributed by atoms with E-state index in [2.05, 4.69) is 34.6 Å². The largest absolute Gasteiger partial charge is 0.0625 e. The molecule has 0 spiro atoms. The fourth-order valence-electron chi connectivity index (χ4n) is 3.27. The van der Waals surface area contributed by atoms with Gasteiger partial charge in [-0.25, -0.2) is 0 Å². The van der Waals surface area contributed by atoms with Crippen LogP contribution in [0.3, 0.4) is 0 Å². The van der Waals surface area contributed by atoms with Gasteiger partial charge in [0.25, 0.3) is 0 Å². The van der Waals surface area contributed by atoms with Gasteiger partial charge in [0, 0.05) is 0 Å². The van der Waals surface area contributed by atoms with Gasteiger partial charge in [0.05, 0.1) is 0 Å². The van der Waals surface area contributed by atoms with Crippen molar-refractivity contribution in [3.63, 3.8) is 0 Å². The molecule has 0 aromatic rings. The molecule has 14 heavy (non-hydrogen) atoms. The fraction of sp³-hybridized carbons (Fsp3) is 1.00. The standard InChI is InChI=1S/C14H28/c1-10(2)13-8-6-7-12(5)9-14(13)11(3)4/h10-14H,6-9H2,1-5H3. The van der Waals surface area contributed by atoms with E-state index >= 15 is 0 Å². The monoisotopic (exact) mass is 196 g/mol. The number of hydrogen-bond acceptors (Lipinski definition) is 0. The van der Waals surface area contributed by atoms with E-state index in [4.69, 9.17) is 0 Å². The van der Waals surface area contributed by atoms with Crippen molar-refractivity contribution >= 4 is 0 Å². The van der Waals surface area contributed by atoms with Crippen LogP contribution in [0.25, 0.3) is 0 Å². The van der Waals surface area contributed by atoms with Crippen molar-refractivity contribution in [2.24, 2.45) is 29.6 Å². The Morgan fingerprint density at radius 2 is 1.43 bits per heavy atom. The molecule has 0 bridgehead atoms. The zero-order chi connectivity index (χ0) is 10.7. The topological polar surface area (TPSA) is 0 Å². The molecule has 3 atom stereocenters. The summed E-state index contributed by atoms with van der Waals surface area (Å²) in [5, 5.41) is 0. The van der Waals surface area contributed by atoms with Crippen LogP contribution in [0.15, 0.2) is 0 Å². The molecule has 84 valence electrons. The lowest BCUT2D eigenvalue weighted by Gasteiger charge is -2.32. The van der Waals surface area contributed by atoms with E-state index in [9.17, 15) is 0 Å². The highest BCUT2D eigenvalue weighted by atomic mass is 14.4. The third kappa shape index (κ3) is 3.00. The van der Waals surface area contributed by atoms with E-state index in [1.54, 1.807) is 0 Å². The highest BCUT2D eigenvalue weighted by molar-refractivity contribution is 4.80. The third-order valence-corrected chi connectivity index (χ3v) is 4.17. The van der Waals surface area contributed by atoms with Crippen LogP contribution in [0, 0.1) is 29.6 Å². The molecule has 1 aliphatic rings. The zero-order valence-electron chi connectivity index (χ0n) is 10.7. The first kappa shape index (κ1) is 12.1. The molecule has 0 aromatic carbocycles. The normalized spacial score (nSPS) is 34.9. The number of rotatable bonds is 2. The molecule has 0 heterocycles. The molecule has 0 heteroatoms. The smallest absolute Gasteiger partial charge is 0.0358 e. The minimum Gasteiger partial charge on any atom is -0.0625 e. The van der Waals surface area contributed by atoms with Crippen LogP contribution in [0.4, 0.5) is 0 Å². The zero-order valence-corrected chi connectivity index (χ0v) is 10.7. The predicted octanol–water partition coefficient (Wildman–Crippen LogP) is 4.74. The van der Waals surface area contributed by atoms with Crippen molar-refractivity contribution in [3.8, 4) is 0 Å². The minimum atomic E-state index is 0.878. The molecule has 0 aromatic heterocycles. The summed E-state index contributed by atoms with van der Waals surface area (Å²) < 4.78 is 0. The summed E-state index contributed by atoms with van der Waals surface area (Å²) >= 11 is 0. The first-order chi connectivity index (χ1) is 6.52. The van der Waals surface area contributed by atoms with Crippen molar-refractivity contribution in [3.05, 3.63) is 0 Å². The quantitative estimate of drug-likeness (QED) is 0.560. The van der Waals surface area contributed by atoms with Crippen molar-refractivity contribution in [1.82, 2.24) is 0 Å². The molecule has 0 aliphatic heterocycles. The van der Waals surface area contributed by atoms with Crippen LogP contribution in [0.5, 0.6) is 0 Å². The lowest BCUT2D eigenvalue weighted by molar-refractivity contribution is 0.174. The molecule has 0 radical (unpaired) electrons. The average Bonchev–Trinajstić information content (AvgIpc) is 2.26. The van der Waals surface area contributed by atoms with Gasteiger partial charge in [-0.2, -0.15) is 0 Å². The molecular weight excluding hydrogens is 168 g/mol. The molecule has 1 rings (SSSR count). The van der Waals surface area contributed by atoms with Gasteiger partial charge < -0.3 is 0 Å². The molecule has 0 nitrogen and oxygen atoms in total. The molecule has 1 fully saturated rings. The molecule has 0 saturated heterocycles. The second-order valence-corrected chi connectivity index (χ2v) is 6.09. The second-order valence-electron chi connectivity index (χ2n) is 6.09. The Labute approximate surface area is 90.5 Å². The summed E-state index contributed by atoms with van der Waals surface area (Å²) in [5.74, 6) is 4.69. The molecule has 3 unspecified atom stereocenters. The maximum absolute atomic E-state index is 2.44. The Morgan fingerprint density at radius 1 is 0.857 bits per heavy atom. The van der Waals surface area contributed by atoms with Crippen LogP contribution >= 0.6 is 0 Å². The van der Waals surface area contributed by atoms with Crippen molar-refractivity contribution in [2.45, 2.75) is 60.3 Å². The van der Waals surface area contributed by atoms with E-state index in [1.165, 1.54) is 25.7 Å². The van der Waals surface area contributed by atoms with Crippen LogP contribution in [-0.4, -0.2) is 0 Å². The summed E-state index contributed by atoms with van der Waals surface area (Å²) in [6.45, 7) is 12.1. The third-order valence-electron chi connectivity index (χ3n) is 4.17. The van der Waals surface area contributed by atoms with Crippen molar-refractivity contribution < 1.29 is 0 Å². The average molecular weight is 196 g/mol. The van der Waals surface area contributed by atoms with E-state index in [1.807, 2.05) is 0 Å². The van der Waals surface area contributed by atoms with Gasteiger partial charge in [0.15, 0.2) is 0 Å². The Hall–Kier alpha value is 0. The molecule has 0 amide bonds. The lowest BCUT2D eigenvalue weighted by atomic mass is 9.73. The second kappa shape index (κ2) is 5.19. The lowest BCUT2D eigenvalue weighted by Crippen LogP contribution is -2.24. The van der Waals surface area contributed by atoms with Gasteiger partial charge in [-0.05, 0) is 42.4 Å². The Bertz CT molecular complexity index is 157. The maximum atomic E-state index is 2.44. The Balaban J connectivity index is 2.69. The van der Waals surface area contributed by atoms with E-state index in [0.717, 1.165) is 29.6 Å². The summed E-state index contributed by atoms with van der Waals surface area (Å²) in [6, 6.07) is 0. The first-order valence-electron chi connectivity index (χ1n) is 6.52. The van der Waals surface area contributed by atoms with E-state index in [-0.39, 0.29) is 0 Å². The summed E-state index contributed by atoms with van der Waals surface area (Å²) in [7, 11) is 0. The van der Waals surface area contributed by atoms with Crippen LogP contribution in [0.1, 0.15) is 60.3 Å².